The molecule has 2 amide bonds. The topological polar surface area (TPSA) is 44.4 Å². The number of benzene rings is 2. The van der Waals surface area contributed by atoms with E-state index in [1.165, 1.54) is 12.1 Å². The van der Waals surface area contributed by atoms with Crippen molar-refractivity contribution in [3.8, 4) is 0 Å². The van der Waals surface area contributed by atoms with Crippen molar-refractivity contribution < 1.29 is 9.18 Å². The third kappa shape index (κ3) is 5.44. The number of piperidine rings is 1. The summed E-state index contributed by atoms with van der Waals surface area (Å²) >= 11 is 5.94. The number of hydrogen-bond donors (Lipinski definition) is 2. The highest BCUT2D eigenvalue weighted by Gasteiger charge is 2.25. The van der Waals surface area contributed by atoms with E-state index in [-0.39, 0.29) is 18.0 Å². The molecule has 2 unspecified atom stereocenters. The average molecular weight is 390 g/mol. The van der Waals surface area contributed by atoms with Crippen molar-refractivity contribution in [1.82, 2.24) is 10.6 Å². The van der Waals surface area contributed by atoms with Crippen molar-refractivity contribution in [3.63, 3.8) is 0 Å². The predicted octanol–water partition coefficient (Wildman–Crippen LogP) is 4.58. The quantitative estimate of drug-likeness (QED) is 0.785. The maximum atomic E-state index is 13.1. The molecule has 0 aromatic heterocycles. The van der Waals surface area contributed by atoms with Crippen LogP contribution < -0.4 is 15.5 Å². The zero-order chi connectivity index (χ0) is 19.2. The molecule has 2 aromatic carbocycles. The van der Waals surface area contributed by atoms with E-state index in [1.54, 1.807) is 17.0 Å². The fourth-order valence-electron chi connectivity index (χ4n) is 3.54. The minimum Gasteiger partial charge on any atom is -0.322 e. The second-order valence-electron chi connectivity index (χ2n) is 6.90. The number of hydrogen-bond acceptors (Lipinski definition) is 2. The number of nitrogens with one attached hydrogen (secondary N) is 2. The molecule has 2 atom stereocenters. The van der Waals surface area contributed by atoms with Crippen molar-refractivity contribution in [1.29, 1.82) is 0 Å². The highest BCUT2D eigenvalue weighted by molar-refractivity contribution is 6.30. The van der Waals surface area contributed by atoms with Crippen molar-refractivity contribution in [2.75, 3.05) is 18.0 Å². The van der Waals surface area contributed by atoms with Gasteiger partial charge in [0.2, 0.25) is 0 Å². The van der Waals surface area contributed by atoms with Gasteiger partial charge < -0.3 is 5.32 Å². The Balaban J connectivity index is 1.58. The van der Waals surface area contributed by atoms with Crippen LogP contribution in [0.25, 0.3) is 0 Å². The Morgan fingerprint density at radius 2 is 1.93 bits per heavy atom. The SMILES string of the molecule is CCN(C(=O)NC1CC(Cc2ccc(F)cc2)CCN1)c1ccc(Cl)cc1. The molecule has 2 N–H and O–H groups in total. The first kappa shape index (κ1) is 19.6. The number of rotatable bonds is 5. The molecule has 144 valence electrons. The number of carbonyl (C=O) groups excluding carboxylic acids is 1. The summed E-state index contributed by atoms with van der Waals surface area (Å²) in [6.45, 7) is 3.36. The molecule has 0 saturated carbocycles. The number of amides is 2. The van der Waals surface area contributed by atoms with Gasteiger partial charge in [0, 0.05) is 17.3 Å². The molecular weight excluding hydrogens is 365 g/mol. The summed E-state index contributed by atoms with van der Waals surface area (Å²) in [5.41, 5.74) is 1.95. The smallest absolute Gasteiger partial charge is 0.322 e. The van der Waals surface area contributed by atoms with Crippen LogP contribution in [0.2, 0.25) is 5.02 Å². The van der Waals surface area contributed by atoms with E-state index in [0.717, 1.165) is 37.1 Å². The number of carbonyl (C=O) groups is 1. The molecule has 0 aliphatic carbocycles. The molecule has 1 fully saturated rings. The summed E-state index contributed by atoms with van der Waals surface area (Å²) in [4.78, 5) is 14.4. The van der Waals surface area contributed by atoms with Crippen molar-refractivity contribution in [2.45, 2.75) is 32.4 Å². The van der Waals surface area contributed by atoms with Gasteiger partial charge in [-0.05, 0) is 80.6 Å². The lowest BCUT2D eigenvalue weighted by Gasteiger charge is -2.33. The van der Waals surface area contributed by atoms with Gasteiger partial charge in [-0.3, -0.25) is 10.2 Å². The third-order valence-corrected chi connectivity index (χ3v) is 5.20. The summed E-state index contributed by atoms with van der Waals surface area (Å²) in [7, 11) is 0. The lowest BCUT2D eigenvalue weighted by molar-refractivity contribution is 0.225. The third-order valence-electron chi connectivity index (χ3n) is 4.95. The van der Waals surface area contributed by atoms with E-state index < -0.39 is 0 Å². The van der Waals surface area contributed by atoms with E-state index in [9.17, 15) is 9.18 Å². The highest BCUT2D eigenvalue weighted by Crippen LogP contribution is 2.22. The summed E-state index contributed by atoms with van der Waals surface area (Å²) < 4.78 is 13.1. The minimum absolute atomic E-state index is 0.0713. The van der Waals surface area contributed by atoms with Gasteiger partial charge in [0.15, 0.2) is 0 Å². The molecule has 1 saturated heterocycles. The van der Waals surface area contributed by atoms with Gasteiger partial charge in [0.1, 0.15) is 5.82 Å². The van der Waals surface area contributed by atoms with Crippen LogP contribution >= 0.6 is 11.6 Å². The summed E-state index contributed by atoms with van der Waals surface area (Å²) in [6, 6.07) is 13.8. The summed E-state index contributed by atoms with van der Waals surface area (Å²) in [5.74, 6) is 0.240. The van der Waals surface area contributed by atoms with Gasteiger partial charge in [-0.2, -0.15) is 0 Å². The van der Waals surface area contributed by atoms with Crippen LogP contribution in [0.1, 0.15) is 25.3 Å². The van der Waals surface area contributed by atoms with Crippen LogP contribution in [0.3, 0.4) is 0 Å². The monoisotopic (exact) mass is 389 g/mol. The van der Waals surface area contributed by atoms with Crippen LogP contribution in [0.4, 0.5) is 14.9 Å². The molecule has 1 aliphatic heterocycles. The molecule has 0 radical (unpaired) electrons. The number of urea groups is 1. The largest absolute Gasteiger partial charge is 0.323 e. The molecule has 0 spiro atoms. The van der Waals surface area contributed by atoms with Gasteiger partial charge in [0.05, 0.1) is 6.17 Å². The van der Waals surface area contributed by atoms with Gasteiger partial charge in [-0.1, -0.05) is 23.7 Å². The van der Waals surface area contributed by atoms with Gasteiger partial charge in [0.25, 0.3) is 0 Å². The van der Waals surface area contributed by atoms with Crippen molar-refractivity contribution in [2.24, 2.45) is 5.92 Å². The second kappa shape index (κ2) is 9.20. The first-order valence-corrected chi connectivity index (χ1v) is 9.74. The lowest BCUT2D eigenvalue weighted by atomic mass is 9.89. The van der Waals surface area contributed by atoms with Crippen molar-refractivity contribution in [3.05, 3.63) is 64.9 Å². The zero-order valence-corrected chi connectivity index (χ0v) is 16.2. The Morgan fingerprint density at radius 1 is 1.22 bits per heavy atom. The standard InChI is InChI=1S/C21H25ClFN3O/c1-2-26(19-9-5-17(22)6-10-19)21(27)25-20-14-16(11-12-24-20)13-15-3-7-18(23)8-4-15/h3-10,16,20,24H,2,11-14H2,1H3,(H,25,27). The molecule has 4 nitrogen and oxygen atoms in total. The van der Waals surface area contributed by atoms with Gasteiger partial charge in [-0.25, -0.2) is 9.18 Å². The van der Waals surface area contributed by atoms with Gasteiger partial charge >= 0.3 is 6.03 Å². The molecule has 2 aromatic rings. The van der Waals surface area contributed by atoms with E-state index in [1.807, 2.05) is 31.2 Å². The maximum Gasteiger partial charge on any atom is 0.323 e. The van der Waals surface area contributed by atoms with E-state index in [4.69, 9.17) is 11.6 Å². The van der Waals surface area contributed by atoms with Crippen LogP contribution in [0.15, 0.2) is 48.5 Å². The Morgan fingerprint density at radius 3 is 2.59 bits per heavy atom. The fourth-order valence-corrected chi connectivity index (χ4v) is 3.66. The first-order valence-electron chi connectivity index (χ1n) is 9.36. The second-order valence-corrected chi connectivity index (χ2v) is 7.33. The van der Waals surface area contributed by atoms with Crippen molar-refractivity contribution >= 4 is 23.3 Å². The molecule has 27 heavy (non-hydrogen) atoms. The minimum atomic E-state index is -0.212. The molecule has 1 aliphatic rings. The van der Waals surface area contributed by atoms with Crippen LogP contribution in [0, 0.1) is 11.7 Å². The number of nitrogens with zero attached hydrogens (tertiary/aromatic N) is 1. The Hall–Kier alpha value is -2.11. The van der Waals surface area contributed by atoms with Crippen LogP contribution in [0.5, 0.6) is 0 Å². The predicted molar refractivity (Wildman–Crippen MR) is 108 cm³/mol. The van der Waals surface area contributed by atoms with E-state index >= 15 is 0 Å². The van der Waals surface area contributed by atoms with E-state index in [0.29, 0.717) is 17.5 Å². The van der Waals surface area contributed by atoms with Gasteiger partial charge in [-0.15, -0.1) is 0 Å². The first-order chi connectivity index (χ1) is 13.0. The van der Waals surface area contributed by atoms with Crippen LogP contribution in [-0.4, -0.2) is 25.3 Å². The lowest BCUT2D eigenvalue weighted by Crippen LogP contribution is -2.54. The summed E-state index contributed by atoms with van der Waals surface area (Å²) in [6.07, 6.45) is 2.71. The molecular formula is C21H25ClFN3O. The van der Waals surface area contributed by atoms with E-state index in [2.05, 4.69) is 10.6 Å². The normalized spacial score (nSPS) is 19.5. The molecule has 6 heteroatoms. The Bertz CT molecular complexity index is 751. The number of halogens is 2. The fraction of sp³-hybridized carbons (Fsp3) is 0.381. The Kier molecular flexibility index (Phi) is 6.69. The number of anilines is 1. The molecule has 0 bridgehead atoms. The average Bonchev–Trinajstić information content (AvgIpc) is 2.66. The highest BCUT2D eigenvalue weighted by atomic mass is 35.5. The Labute approximate surface area is 164 Å². The summed E-state index contributed by atoms with van der Waals surface area (Å²) in [5, 5.41) is 7.11. The zero-order valence-electron chi connectivity index (χ0n) is 15.4. The maximum absolute atomic E-state index is 13.1. The molecule has 3 rings (SSSR count). The van der Waals surface area contributed by atoms with Crippen LogP contribution in [-0.2, 0) is 6.42 Å². The molecule has 1 heterocycles.